The molecule has 0 bridgehead atoms. The third kappa shape index (κ3) is 4.76. The third-order valence-corrected chi connectivity index (χ3v) is 3.75. The first-order valence-corrected chi connectivity index (χ1v) is 7.90. The zero-order chi connectivity index (χ0) is 18.2. The molecule has 2 amide bonds. The highest BCUT2D eigenvalue weighted by Crippen LogP contribution is 2.20. The van der Waals surface area contributed by atoms with Crippen molar-refractivity contribution in [2.24, 2.45) is 5.73 Å². The number of allylic oxidation sites excluding steroid dienone is 1. The van der Waals surface area contributed by atoms with Gasteiger partial charge in [-0.15, -0.1) is 0 Å². The van der Waals surface area contributed by atoms with Crippen LogP contribution < -0.4 is 16.5 Å². The van der Waals surface area contributed by atoms with Crippen LogP contribution in [-0.4, -0.2) is 23.6 Å². The second-order valence-electron chi connectivity index (χ2n) is 5.41. The van der Waals surface area contributed by atoms with Crippen molar-refractivity contribution in [1.29, 1.82) is 0 Å². The number of rotatable bonds is 6. The molecule has 0 fully saturated rings. The van der Waals surface area contributed by atoms with Crippen LogP contribution in [0.5, 0.6) is 0 Å². The Hall–Kier alpha value is -2.96. The third-order valence-electron chi connectivity index (χ3n) is 3.75. The Balaban J connectivity index is 2.11. The molecule has 0 aliphatic rings. The summed E-state index contributed by atoms with van der Waals surface area (Å²) in [6, 6.07) is 15.2. The molecular weight excluding hydrogens is 318 g/mol. The minimum absolute atomic E-state index is 0.0212. The van der Waals surface area contributed by atoms with Gasteiger partial charge in [0.2, 0.25) is 0 Å². The largest absolute Gasteiger partial charge is 0.330 e. The highest BCUT2D eigenvalue weighted by atomic mass is 16.5. The predicted octanol–water partition coefficient (Wildman–Crippen LogP) is 1.99. The van der Waals surface area contributed by atoms with E-state index >= 15 is 0 Å². The van der Waals surface area contributed by atoms with Crippen molar-refractivity contribution in [3.8, 4) is 11.1 Å². The number of nitrogens with one attached hydrogen (secondary N) is 2. The summed E-state index contributed by atoms with van der Waals surface area (Å²) in [5.74, 6) is -1.20. The maximum atomic E-state index is 12.2. The number of hydrogen-bond acceptors (Lipinski definition) is 4. The van der Waals surface area contributed by atoms with Gasteiger partial charge >= 0.3 is 0 Å². The van der Waals surface area contributed by atoms with E-state index < -0.39 is 11.8 Å². The van der Waals surface area contributed by atoms with Crippen LogP contribution in [0.4, 0.5) is 0 Å². The van der Waals surface area contributed by atoms with Gasteiger partial charge in [-0.1, -0.05) is 42.5 Å². The Kier molecular flexibility index (Phi) is 6.45. The molecule has 2 rings (SSSR count). The molecule has 0 radical (unpaired) electrons. The van der Waals surface area contributed by atoms with E-state index in [2.05, 4.69) is 5.32 Å². The first-order chi connectivity index (χ1) is 12.1. The van der Waals surface area contributed by atoms with E-state index in [0.717, 1.165) is 17.5 Å². The van der Waals surface area contributed by atoms with Gasteiger partial charge in [-0.3, -0.25) is 14.8 Å². The van der Waals surface area contributed by atoms with E-state index in [1.165, 1.54) is 17.1 Å². The average Bonchev–Trinajstić information content (AvgIpc) is 2.66. The number of carbonyl (C=O) groups excluding carboxylic acids is 2. The lowest BCUT2D eigenvalue weighted by atomic mass is 10.0. The van der Waals surface area contributed by atoms with Crippen molar-refractivity contribution in [2.45, 2.75) is 13.3 Å². The van der Waals surface area contributed by atoms with E-state index in [1.807, 2.05) is 36.4 Å². The topological polar surface area (TPSA) is 104 Å². The Morgan fingerprint density at radius 1 is 1.04 bits per heavy atom. The van der Waals surface area contributed by atoms with Gasteiger partial charge in [0.05, 0.1) is 0 Å². The molecule has 0 spiro atoms. The molecule has 0 heterocycles. The molecule has 130 valence electrons. The van der Waals surface area contributed by atoms with Gasteiger partial charge in [0.15, 0.2) is 0 Å². The zero-order valence-electron chi connectivity index (χ0n) is 14.0. The maximum absolute atomic E-state index is 12.2. The normalized spacial score (nSPS) is 11.1. The van der Waals surface area contributed by atoms with Crippen molar-refractivity contribution in [1.82, 2.24) is 10.8 Å². The molecular formula is C19H21N3O3. The molecule has 0 saturated carbocycles. The van der Waals surface area contributed by atoms with Crippen molar-refractivity contribution in [3.05, 3.63) is 71.4 Å². The van der Waals surface area contributed by atoms with E-state index in [1.54, 1.807) is 19.1 Å². The lowest BCUT2D eigenvalue weighted by Gasteiger charge is -2.09. The van der Waals surface area contributed by atoms with Crippen molar-refractivity contribution in [2.75, 3.05) is 6.54 Å². The molecule has 0 aliphatic heterocycles. The van der Waals surface area contributed by atoms with Crippen LogP contribution in [0.2, 0.25) is 0 Å². The minimum atomic E-state index is -0.773. The van der Waals surface area contributed by atoms with Gasteiger partial charge < -0.3 is 11.1 Å². The van der Waals surface area contributed by atoms with Crippen LogP contribution in [0.1, 0.15) is 22.8 Å². The second-order valence-corrected chi connectivity index (χ2v) is 5.41. The molecule has 0 atom stereocenters. The Morgan fingerprint density at radius 3 is 2.08 bits per heavy atom. The van der Waals surface area contributed by atoms with E-state index in [0.29, 0.717) is 12.1 Å². The molecule has 2 aromatic carbocycles. The van der Waals surface area contributed by atoms with Crippen LogP contribution in [0.25, 0.3) is 11.1 Å². The molecule has 0 aliphatic carbocycles. The van der Waals surface area contributed by atoms with Crippen LogP contribution >= 0.6 is 0 Å². The summed E-state index contributed by atoms with van der Waals surface area (Å²) in [7, 11) is 0. The lowest BCUT2D eigenvalue weighted by molar-refractivity contribution is -0.125. The highest BCUT2D eigenvalue weighted by molar-refractivity contribution is 6.02. The fraction of sp³-hybridized carbons (Fsp3) is 0.158. The van der Waals surface area contributed by atoms with Gasteiger partial charge in [0, 0.05) is 5.56 Å². The fourth-order valence-electron chi connectivity index (χ4n) is 2.36. The molecule has 0 aromatic heterocycles. The molecule has 25 heavy (non-hydrogen) atoms. The van der Waals surface area contributed by atoms with Crippen molar-refractivity contribution >= 4 is 11.8 Å². The number of nitrogens with two attached hydrogens (primary N) is 1. The monoisotopic (exact) mass is 339 g/mol. The maximum Gasteiger partial charge on any atom is 0.290 e. The van der Waals surface area contributed by atoms with E-state index in [-0.39, 0.29) is 5.70 Å². The second kappa shape index (κ2) is 8.77. The Labute approximate surface area is 146 Å². The Morgan fingerprint density at radius 2 is 1.60 bits per heavy atom. The fourth-order valence-corrected chi connectivity index (χ4v) is 2.36. The summed E-state index contributed by atoms with van der Waals surface area (Å²) in [4.78, 5) is 23.5. The van der Waals surface area contributed by atoms with Crippen molar-refractivity contribution < 1.29 is 14.8 Å². The Bertz CT molecular complexity index is 766. The van der Waals surface area contributed by atoms with Crippen LogP contribution in [0, 0.1) is 0 Å². The summed E-state index contributed by atoms with van der Waals surface area (Å²) in [5.41, 5.74) is 10.6. The molecule has 0 saturated heterocycles. The first kappa shape index (κ1) is 18.4. The standard InChI is InChI=1S/C19H21N3O3/c1-2-17(19(24)22-25)21-18(23)16-9-7-15(8-10-16)14-5-3-13(4-6-14)11-12-20/h2-10,25H,11-12,20H2,1H3,(H,21,23)(H,22,24). The average molecular weight is 339 g/mol. The molecule has 5 N–H and O–H groups in total. The number of carbonyl (C=O) groups is 2. The summed E-state index contributed by atoms with van der Waals surface area (Å²) < 4.78 is 0. The summed E-state index contributed by atoms with van der Waals surface area (Å²) in [6.45, 7) is 2.20. The lowest BCUT2D eigenvalue weighted by Crippen LogP contribution is -2.33. The summed E-state index contributed by atoms with van der Waals surface area (Å²) in [5, 5.41) is 11.1. The summed E-state index contributed by atoms with van der Waals surface area (Å²) >= 11 is 0. The number of benzene rings is 2. The highest BCUT2D eigenvalue weighted by Gasteiger charge is 2.13. The minimum Gasteiger partial charge on any atom is -0.330 e. The number of hydrogen-bond donors (Lipinski definition) is 4. The van der Waals surface area contributed by atoms with Gasteiger partial charge in [0.25, 0.3) is 11.8 Å². The van der Waals surface area contributed by atoms with Gasteiger partial charge in [-0.2, -0.15) is 0 Å². The van der Waals surface area contributed by atoms with Gasteiger partial charge in [-0.05, 0) is 48.7 Å². The molecule has 2 aromatic rings. The van der Waals surface area contributed by atoms with Crippen LogP contribution in [0.15, 0.2) is 60.3 Å². The quantitative estimate of drug-likeness (QED) is 0.367. The van der Waals surface area contributed by atoms with Crippen molar-refractivity contribution in [3.63, 3.8) is 0 Å². The first-order valence-electron chi connectivity index (χ1n) is 7.90. The number of hydroxylamine groups is 1. The van der Waals surface area contributed by atoms with Crippen LogP contribution in [0.3, 0.4) is 0 Å². The van der Waals surface area contributed by atoms with Crippen LogP contribution in [-0.2, 0) is 11.2 Å². The smallest absolute Gasteiger partial charge is 0.290 e. The molecule has 6 heteroatoms. The molecule has 6 nitrogen and oxygen atoms in total. The van der Waals surface area contributed by atoms with E-state index in [4.69, 9.17) is 10.9 Å². The summed E-state index contributed by atoms with van der Waals surface area (Å²) in [6.07, 6.45) is 2.24. The van der Waals surface area contributed by atoms with Gasteiger partial charge in [-0.25, -0.2) is 5.48 Å². The zero-order valence-corrected chi connectivity index (χ0v) is 14.0. The predicted molar refractivity (Wildman–Crippen MR) is 95.8 cm³/mol. The number of amides is 2. The van der Waals surface area contributed by atoms with E-state index in [9.17, 15) is 9.59 Å². The van der Waals surface area contributed by atoms with Gasteiger partial charge in [0.1, 0.15) is 5.70 Å². The SMILES string of the molecule is CC=C(NC(=O)c1ccc(-c2ccc(CCN)cc2)cc1)C(=O)NO. The molecule has 0 unspecified atom stereocenters.